The third-order valence-corrected chi connectivity index (χ3v) is 14.1. The fraction of sp³-hybridized carbons (Fsp3) is 0.795. The van der Waals surface area contributed by atoms with E-state index in [1.54, 1.807) is 19.1 Å². The summed E-state index contributed by atoms with van der Waals surface area (Å²) in [6.45, 7) is 16.8. The Morgan fingerprint density at radius 2 is 1.66 bits per heavy atom. The zero-order chi connectivity index (χ0) is 42.4. The van der Waals surface area contributed by atoms with Crippen LogP contribution in [0.5, 0.6) is 0 Å². The number of aliphatic carboxylic acids is 1. The van der Waals surface area contributed by atoms with Gasteiger partial charge in [0.2, 0.25) is 5.79 Å². The van der Waals surface area contributed by atoms with Crippen LogP contribution >= 0.6 is 0 Å². The van der Waals surface area contributed by atoms with Crippen molar-refractivity contribution in [2.45, 2.75) is 179 Å². The molecule has 5 aliphatic rings. The number of para-hydroxylation sites is 1. The average Bonchev–Trinajstić information content (AvgIpc) is 3.88. The molecule has 58 heavy (non-hydrogen) atoms. The third-order valence-electron chi connectivity index (χ3n) is 14.1. The molecule has 0 aliphatic carbocycles. The molecule has 1 aromatic carbocycles. The fourth-order valence-corrected chi connectivity index (χ4v) is 10.5. The monoisotopic (exact) mass is 817 g/mol. The van der Waals surface area contributed by atoms with E-state index in [0.717, 1.165) is 12.8 Å². The SMILES string of the molecule is CCC(=O)O[C@@H]([C@@H](C)[C@H]1O[C@@]2(CC[C@@](C)([C@H]3CC[C@](C)([C@H]4O[C@@H]([C@H]5O[C@@](O)(COC(=O)Nc6ccccc6)[C@@H](C)C[C@H]5C)C[C@H]4C)O3)O2)C[C@@H](O)[C@@H]1C)[C@@H](C)C(=O)O. The summed E-state index contributed by atoms with van der Waals surface area (Å²) >= 11 is 0. The van der Waals surface area contributed by atoms with Crippen molar-refractivity contribution in [1.82, 2.24) is 0 Å². The maximum Gasteiger partial charge on any atom is 0.411 e. The van der Waals surface area contributed by atoms with Crippen LogP contribution in [-0.2, 0) is 42.7 Å². The van der Waals surface area contributed by atoms with E-state index in [2.05, 4.69) is 26.1 Å². The number of amides is 1. The van der Waals surface area contributed by atoms with Crippen LogP contribution in [0.1, 0.15) is 114 Å². The number of carbonyl (C=O) groups is 3. The minimum atomic E-state index is -1.68. The zero-order valence-corrected chi connectivity index (χ0v) is 35.7. The first-order valence-electron chi connectivity index (χ1n) is 21.4. The Hall–Kier alpha value is -2.85. The van der Waals surface area contributed by atoms with Gasteiger partial charge in [0.1, 0.15) is 12.7 Å². The predicted molar refractivity (Wildman–Crippen MR) is 211 cm³/mol. The number of aliphatic hydroxyl groups is 2. The van der Waals surface area contributed by atoms with Crippen LogP contribution in [-0.4, -0.2) is 105 Å². The van der Waals surface area contributed by atoms with Crippen LogP contribution in [0.3, 0.4) is 0 Å². The van der Waals surface area contributed by atoms with Gasteiger partial charge in [-0.1, -0.05) is 59.7 Å². The maximum absolute atomic E-state index is 12.6. The van der Waals surface area contributed by atoms with E-state index in [1.165, 1.54) is 6.92 Å². The largest absolute Gasteiger partial charge is 0.481 e. The normalized spacial score (nSPS) is 43.1. The Bertz CT molecular complexity index is 1610. The molecule has 6 rings (SSSR count). The van der Waals surface area contributed by atoms with Crippen LogP contribution in [0.2, 0.25) is 0 Å². The number of benzene rings is 1. The van der Waals surface area contributed by atoms with Crippen molar-refractivity contribution >= 4 is 23.7 Å². The van der Waals surface area contributed by atoms with Gasteiger partial charge < -0.3 is 48.5 Å². The Morgan fingerprint density at radius 3 is 2.33 bits per heavy atom. The predicted octanol–water partition coefficient (Wildman–Crippen LogP) is 6.45. The summed E-state index contributed by atoms with van der Waals surface area (Å²) in [5, 5.41) is 35.6. The van der Waals surface area contributed by atoms with E-state index in [1.807, 2.05) is 45.9 Å². The van der Waals surface area contributed by atoms with E-state index < -0.39 is 77.1 Å². The smallest absolute Gasteiger partial charge is 0.411 e. The van der Waals surface area contributed by atoms with E-state index in [0.29, 0.717) is 31.4 Å². The molecule has 0 radical (unpaired) electrons. The molecule has 1 amide bonds. The van der Waals surface area contributed by atoms with Crippen molar-refractivity contribution in [3.63, 3.8) is 0 Å². The number of nitrogens with one attached hydrogen (secondary N) is 1. The summed E-state index contributed by atoms with van der Waals surface area (Å²) in [5.74, 6) is -6.34. The average molecular weight is 818 g/mol. The van der Waals surface area contributed by atoms with Gasteiger partial charge in [-0.2, -0.15) is 0 Å². The molecule has 0 unspecified atom stereocenters. The van der Waals surface area contributed by atoms with Gasteiger partial charge in [0.05, 0.1) is 53.7 Å². The van der Waals surface area contributed by atoms with E-state index in [-0.39, 0.29) is 61.4 Å². The minimum Gasteiger partial charge on any atom is -0.481 e. The molecule has 0 bridgehead atoms. The molecule has 14 nitrogen and oxygen atoms in total. The number of esters is 1. The molecule has 0 saturated carbocycles. The molecule has 1 spiro atoms. The number of rotatable bonds is 12. The van der Waals surface area contributed by atoms with Crippen molar-refractivity contribution < 1.29 is 62.9 Å². The van der Waals surface area contributed by atoms with Gasteiger partial charge in [-0.25, -0.2) is 4.79 Å². The van der Waals surface area contributed by atoms with Crippen molar-refractivity contribution in [3.8, 4) is 0 Å². The first kappa shape index (κ1) is 44.7. The van der Waals surface area contributed by atoms with Crippen molar-refractivity contribution in [3.05, 3.63) is 30.3 Å². The summed E-state index contributed by atoms with van der Waals surface area (Å²) < 4.78 is 45.1. The standard InChI is InChI=1S/C44H67NO13/c1-10-34(47)54-36(29(7)39(48)49)28(6)37-27(5)31(46)22-43(56-37)19-18-41(8,58-43)33-16-17-42(9,55-33)38-25(3)21-32(53-38)35-24(2)20-26(4)44(51,57-35)23-52-40(50)45-30-14-12-11-13-15-30/h11-15,24-29,31-33,35-38,46,51H,10,16-23H2,1-9H3,(H,45,50)(H,48,49)/t24-,25-,26+,27+,28-,29-,31-,32-,33-,35+,36+,37+,38+,41+,42-,43-,44+/m1/s1. The Morgan fingerprint density at radius 1 is 0.948 bits per heavy atom. The molecular weight excluding hydrogens is 750 g/mol. The zero-order valence-electron chi connectivity index (χ0n) is 35.7. The maximum atomic E-state index is 12.6. The number of ether oxygens (including phenoxy) is 7. The lowest BCUT2D eigenvalue weighted by Crippen LogP contribution is -2.57. The number of carboxylic acids is 1. The fourth-order valence-electron chi connectivity index (χ4n) is 10.5. The van der Waals surface area contributed by atoms with E-state index in [9.17, 15) is 29.7 Å². The first-order valence-corrected chi connectivity index (χ1v) is 21.4. The molecule has 5 fully saturated rings. The van der Waals surface area contributed by atoms with Gasteiger partial charge in [0.15, 0.2) is 5.79 Å². The van der Waals surface area contributed by atoms with Crippen LogP contribution in [0.15, 0.2) is 30.3 Å². The molecule has 0 aromatic heterocycles. The molecule has 5 aliphatic heterocycles. The number of carboxylic acid groups (broad SMARTS) is 1. The molecule has 4 N–H and O–H groups in total. The molecule has 5 saturated heterocycles. The lowest BCUT2D eigenvalue weighted by molar-refractivity contribution is -0.335. The Labute approximate surface area is 342 Å². The van der Waals surface area contributed by atoms with Gasteiger partial charge in [-0.05, 0) is 76.8 Å². The highest BCUT2D eigenvalue weighted by Crippen LogP contribution is 2.54. The highest BCUT2D eigenvalue weighted by molar-refractivity contribution is 5.84. The third kappa shape index (κ3) is 9.08. The lowest BCUT2D eigenvalue weighted by atomic mass is 9.78. The van der Waals surface area contributed by atoms with Gasteiger partial charge in [-0.15, -0.1) is 0 Å². The number of anilines is 1. The summed E-state index contributed by atoms with van der Waals surface area (Å²) in [6, 6.07) is 8.97. The second kappa shape index (κ2) is 17.3. The number of hydrogen-bond donors (Lipinski definition) is 4. The molecule has 326 valence electrons. The quantitative estimate of drug-likeness (QED) is 0.169. The molecule has 17 atom stereocenters. The highest BCUT2D eigenvalue weighted by atomic mass is 16.7. The van der Waals surface area contributed by atoms with E-state index in [4.69, 9.17) is 33.2 Å². The summed E-state index contributed by atoms with van der Waals surface area (Å²) in [4.78, 5) is 37.0. The number of aliphatic hydroxyl groups excluding tert-OH is 1. The van der Waals surface area contributed by atoms with Gasteiger partial charge >= 0.3 is 18.0 Å². The summed E-state index contributed by atoms with van der Waals surface area (Å²) in [7, 11) is 0. The van der Waals surface area contributed by atoms with Gasteiger partial charge in [0.25, 0.3) is 0 Å². The Kier molecular flexibility index (Phi) is 13.3. The van der Waals surface area contributed by atoms with Crippen LogP contribution in [0, 0.1) is 35.5 Å². The van der Waals surface area contributed by atoms with Crippen LogP contribution < -0.4 is 5.32 Å². The number of hydrogen-bond acceptors (Lipinski definition) is 12. The summed E-state index contributed by atoms with van der Waals surface area (Å²) in [5.41, 5.74) is -0.788. The van der Waals surface area contributed by atoms with Crippen LogP contribution in [0.25, 0.3) is 0 Å². The van der Waals surface area contributed by atoms with Crippen molar-refractivity contribution in [2.24, 2.45) is 35.5 Å². The molecule has 1 aromatic rings. The number of carbonyl (C=O) groups excluding carboxylic acids is 2. The lowest BCUT2D eigenvalue weighted by Gasteiger charge is -2.48. The minimum absolute atomic E-state index is 0.0813. The molecule has 5 heterocycles. The second-order valence-corrected chi connectivity index (χ2v) is 18.7. The van der Waals surface area contributed by atoms with Crippen molar-refractivity contribution in [2.75, 3.05) is 11.9 Å². The molecule has 14 heteroatoms. The molecular formula is C44H67NO13. The topological polar surface area (TPSA) is 189 Å². The summed E-state index contributed by atoms with van der Waals surface area (Å²) in [6.07, 6.45) is -0.0144. The van der Waals surface area contributed by atoms with Gasteiger partial charge in [-0.3, -0.25) is 14.9 Å². The Balaban J connectivity index is 1.09. The second-order valence-electron chi connectivity index (χ2n) is 18.7. The highest BCUT2D eigenvalue weighted by Gasteiger charge is 2.62. The van der Waals surface area contributed by atoms with Gasteiger partial charge in [0, 0.05) is 42.7 Å². The first-order chi connectivity index (χ1) is 27.2. The van der Waals surface area contributed by atoms with E-state index >= 15 is 0 Å². The van der Waals surface area contributed by atoms with Crippen LogP contribution in [0.4, 0.5) is 10.5 Å². The van der Waals surface area contributed by atoms with Crippen molar-refractivity contribution in [1.29, 1.82) is 0 Å².